The molecule has 0 saturated heterocycles. The van der Waals surface area contributed by atoms with Gasteiger partial charge in [-0.15, -0.1) is 12.4 Å². The SMILES string of the molecule is CCOC1CC(N)(C(=O)N(C)c2cc(C)cc(C)c2)C1(C)C.Cl. The third-order valence-corrected chi connectivity index (χ3v) is 5.11. The number of halogens is 1. The van der Waals surface area contributed by atoms with Gasteiger partial charge in [0, 0.05) is 31.2 Å². The summed E-state index contributed by atoms with van der Waals surface area (Å²) in [6.07, 6.45) is 0.612. The number of hydrogen-bond acceptors (Lipinski definition) is 3. The molecule has 0 bridgehead atoms. The van der Waals surface area contributed by atoms with Gasteiger partial charge in [0.25, 0.3) is 0 Å². The van der Waals surface area contributed by atoms with Crippen molar-refractivity contribution in [1.29, 1.82) is 0 Å². The van der Waals surface area contributed by atoms with Crippen molar-refractivity contribution in [2.75, 3.05) is 18.6 Å². The molecule has 2 rings (SSSR count). The summed E-state index contributed by atoms with van der Waals surface area (Å²) in [7, 11) is 1.80. The van der Waals surface area contributed by atoms with E-state index in [-0.39, 0.29) is 29.8 Å². The Bertz CT molecular complexity index is 568. The van der Waals surface area contributed by atoms with Crippen molar-refractivity contribution in [2.24, 2.45) is 11.1 Å². The summed E-state index contributed by atoms with van der Waals surface area (Å²) < 4.78 is 5.71. The van der Waals surface area contributed by atoms with Gasteiger partial charge in [-0.05, 0) is 44.0 Å². The third kappa shape index (κ3) is 3.25. The predicted octanol–water partition coefficient (Wildman–Crippen LogP) is 3.22. The van der Waals surface area contributed by atoms with Crippen LogP contribution in [0.15, 0.2) is 18.2 Å². The summed E-state index contributed by atoms with van der Waals surface area (Å²) in [5, 5.41) is 0. The van der Waals surface area contributed by atoms with Gasteiger partial charge in [0.15, 0.2) is 0 Å². The summed E-state index contributed by atoms with van der Waals surface area (Å²) in [6, 6.07) is 6.12. The van der Waals surface area contributed by atoms with E-state index in [0.29, 0.717) is 13.0 Å². The highest BCUT2D eigenvalue weighted by Crippen LogP contribution is 2.50. The first kappa shape index (κ1) is 19.9. The molecule has 0 aliphatic heterocycles. The highest BCUT2D eigenvalue weighted by molar-refractivity contribution is 6.01. The van der Waals surface area contributed by atoms with E-state index in [2.05, 4.69) is 6.07 Å². The molecule has 1 aliphatic carbocycles. The van der Waals surface area contributed by atoms with Gasteiger partial charge in [-0.25, -0.2) is 0 Å². The van der Waals surface area contributed by atoms with Crippen molar-refractivity contribution in [3.8, 4) is 0 Å². The number of ether oxygens (including phenoxy) is 1. The van der Waals surface area contributed by atoms with Crippen LogP contribution in [0.1, 0.15) is 38.3 Å². The summed E-state index contributed by atoms with van der Waals surface area (Å²) >= 11 is 0. The molecule has 1 aromatic rings. The van der Waals surface area contributed by atoms with Gasteiger partial charge in [-0.3, -0.25) is 4.79 Å². The van der Waals surface area contributed by atoms with Crippen molar-refractivity contribution < 1.29 is 9.53 Å². The molecule has 2 N–H and O–H groups in total. The van der Waals surface area contributed by atoms with Crippen LogP contribution in [0.3, 0.4) is 0 Å². The molecule has 130 valence electrons. The first-order valence-corrected chi connectivity index (χ1v) is 7.90. The lowest BCUT2D eigenvalue weighted by Crippen LogP contribution is -2.76. The zero-order valence-electron chi connectivity index (χ0n) is 15.0. The first-order valence-electron chi connectivity index (χ1n) is 7.90. The van der Waals surface area contributed by atoms with Crippen LogP contribution in [-0.4, -0.2) is 31.2 Å². The van der Waals surface area contributed by atoms with Gasteiger partial charge in [0.1, 0.15) is 5.54 Å². The number of nitrogens with zero attached hydrogens (tertiary/aromatic N) is 1. The summed E-state index contributed by atoms with van der Waals surface area (Å²) in [5.41, 5.74) is 8.42. The second-order valence-corrected chi connectivity index (χ2v) is 7.05. The number of nitrogens with two attached hydrogens (primary N) is 1. The average molecular weight is 341 g/mol. The number of benzene rings is 1. The molecule has 1 fully saturated rings. The van der Waals surface area contributed by atoms with Gasteiger partial charge in [-0.1, -0.05) is 19.9 Å². The van der Waals surface area contributed by atoms with E-state index < -0.39 is 5.54 Å². The molecule has 0 radical (unpaired) electrons. The maximum absolute atomic E-state index is 13.0. The predicted molar refractivity (Wildman–Crippen MR) is 97.3 cm³/mol. The second kappa shape index (κ2) is 6.80. The van der Waals surface area contributed by atoms with Crippen molar-refractivity contribution >= 4 is 24.0 Å². The molecule has 1 saturated carbocycles. The van der Waals surface area contributed by atoms with Crippen LogP contribution in [0.25, 0.3) is 0 Å². The van der Waals surface area contributed by atoms with Crippen molar-refractivity contribution in [2.45, 2.75) is 52.7 Å². The molecule has 2 atom stereocenters. The number of rotatable bonds is 4. The molecule has 1 aromatic carbocycles. The van der Waals surface area contributed by atoms with E-state index in [1.54, 1.807) is 11.9 Å². The van der Waals surface area contributed by atoms with Gasteiger partial charge in [0.05, 0.1) is 6.10 Å². The number of anilines is 1. The number of carbonyl (C=O) groups excluding carboxylic acids is 1. The fraction of sp³-hybridized carbons (Fsp3) is 0.611. The third-order valence-electron chi connectivity index (χ3n) is 5.11. The van der Waals surface area contributed by atoms with Crippen molar-refractivity contribution in [1.82, 2.24) is 0 Å². The van der Waals surface area contributed by atoms with Gasteiger partial charge < -0.3 is 15.4 Å². The van der Waals surface area contributed by atoms with Crippen LogP contribution >= 0.6 is 12.4 Å². The maximum Gasteiger partial charge on any atom is 0.247 e. The first-order chi connectivity index (χ1) is 10.1. The van der Waals surface area contributed by atoms with Gasteiger partial charge >= 0.3 is 0 Å². The highest BCUT2D eigenvalue weighted by Gasteiger charge is 2.63. The summed E-state index contributed by atoms with van der Waals surface area (Å²) in [4.78, 5) is 14.7. The maximum atomic E-state index is 13.0. The Kier molecular flexibility index (Phi) is 5.89. The van der Waals surface area contributed by atoms with E-state index in [1.165, 1.54) is 0 Å². The minimum atomic E-state index is -0.876. The average Bonchev–Trinajstić information content (AvgIpc) is 2.44. The Morgan fingerprint density at radius 3 is 2.26 bits per heavy atom. The van der Waals surface area contributed by atoms with Crippen LogP contribution in [0.4, 0.5) is 5.69 Å². The smallest absolute Gasteiger partial charge is 0.247 e. The molecule has 23 heavy (non-hydrogen) atoms. The number of aryl methyl sites for hydroxylation is 2. The number of likely N-dealkylation sites (N-methyl/N-ethyl adjacent to an activating group) is 1. The van der Waals surface area contributed by atoms with E-state index in [1.807, 2.05) is 46.8 Å². The van der Waals surface area contributed by atoms with E-state index in [9.17, 15) is 4.79 Å². The largest absolute Gasteiger partial charge is 0.378 e. The molecule has 1 aliphatic rings. The normalized spacial score (nSPS) is 25.3. The van der Waals surface area contributed by atoms with Gasteiger partial charge in [0.2, 0.25) is 5.91 Å². The van der Waals surface area contributed by atoms with E-state index in [4.69, 9.17) is 10.5 Å². The molecular weight excluding hydrogens is 312 g/mol. The molecule has 0 heterocycles. The molecule has 1 amide bonds. The van der Waals surface area contributed by atoms with Crippen LogP contribution < -0.4 is 10.6 Å². The number of amides is 1. The van der Waals surface area contributed by atoms with Crippen LogP contribution in [-0.2, 0) is 9.53 Å². The minimum Gasteiger partial charge on any atom is -0.378 e. The Morgan fingerprint density at radius 2 is 1.83 bits per heavy atom. The van der Waals surface area contributed by atoms with E-state index in [0.717, 1.165) is 16.8 Å². The molecular formula is C18H29ClN2O2. The lowest BCUT2D eigenvalue weighted by atomic mass is 9.54. The Hall–Kier alpha value is -1.10. The summed E-state index contributed by atoms with van der Waals surface area (Å²) in [5.74, 6) is -0.0431. The number of hydrogen-bond donors (Lipinski definition) is 1. The van der Waals surface area contributed by atoms with Crippen LogP contribution in [0, 0.1) is 19.3 Å². The highest BCUT2D eigenvalue weighted by atomic mass is 35.5. The number of carbonyl (C=O) groups is 1. The monoisotopic (exact) mass is 340 g/mol. The standard InChI is InChI=1S/C18H28N2O2.ClH/c1-7-22-15-11-18(19,17(15,4)5)16(21)20(6)14-9-12(2)8-13(3)10-14;/h8-10,15H,7,11,19H2,1-6H3;1H. The fourth-order valence-corrected chi connectivity index (χ4v) is 3.36. The lowest BCUT2D eigenvalue weighted by Gasteiger charge is -2.58. The second-order valence-electron chi connectivity index (χ2n) is 7.05. The Balaban J connectivity index is 0.00000264. The zero-order valence-corrected chi connectivity index (χ0v) is 15.8. The molecule has 2 unspecified atom stereocenters. The minimum absolute atomic E-state index is 0. The lowest BCUT2D eigenvalue weighted by molar-refractivity contribution is -0.168. The summed E-state index contributed by atoms with van der Waals surface area (Å²) in [6.45, 7) is 10.7. The molecule has 0 aromatic heterocycles. The Labute approximate surface area is 145 Å². The molecule has 5 heteroatoms. The van der Waals surface area contributed by atoms with Crippen molar-refractivity contribution in [3.63, 3.8) is 0 Å². The molecule has 0 spiro atoms. The van der Waals surface area contributed by atoms with Gasteiger partial charge in [-0.2, -0.15) is 0 Å². The fourth-order valence-electron chi connectivity index (χ4n) is 3.36. The molecule has 4 nitrogen and oxygen atoms in total. The van der Waals surface area contributed by atoms with E-state index >= 15 is 0 Å². The van der Waals surface area contributed by atoms with Crippen LogP contribution in [0.2, 0.25) is 0 Å². The van der Waals surface area contributed by atoms with Crippen molar-refractivity contribution in [3.05, 3.63) is 29.3 Å². The quantitative estimate of drug-likeness (QED) is 0.915. The van der Waals surface area contributed by atoms with Crippen LogP contribution in [0.5, 0.6) is 0 Å². The zero-order chi connectivity index (χ0) is 16.7. The topological polar surface area (TPSA) is 55.6 Å². The Morgan fingerprint density at radius 1 is 1.30 bits per heavy atom.